The van der Waals surface area contributed by atoms with Crippen molar-refractivity contribution < 1.29 is 9.59 Å². The zero-order valence-corrected chi connectivity index (χ0v) is 15.2. The quantitative estimate of drug-likeness (QED) is 0.618. The number of hydrogen-bond donors (Lipinski definition) is 0. The number of fused-ring (bicyclic) bond motifs is 1. The maximum atomic E-state index is 12.3. The zero-order valence-electron chi connectivity index (χ0n) is 13.6. The van der Waals surface area contributed by atoms with Gasteiger partial charge >= 0.3 is 0 Å². The summed E-state index contributed by atoms with van der Waals surface area (Å²) in [6.45, 7) is 2.45. The summed E-state index contributed by atoms with van der Waals surface area (Å²) in [7, 11) is 1.76. The number of amides is 1. The van der Waals surface area contributed by atoms with Crippen LogP contribution in [0.2, 0.25) is 0 Å². The Bertz CT molecular complexity index is 849. The predicted molar refractivity (Wildman–Crippen MR) is 98.7 cm³/mol. The first-order valence-electron chi connectivity index (χ1n) is 7.71. The number of thiazole rings is 1. The third kappa shape index (κ3) is 3.88. The number of para-hydroxylation sites is 1. The molecule has 0 bridgehead atoms. The van der Waals surface area contributed by atoms with Gasteiger partial charge in [-0.3, -0.25) is 9.59 Å². The second kappa shape index (κ2) is 7.23. The van der Waals surface area contributed by atoms with Crippen LogP contribution in [0.15, 0.2) is 36.4 Å². The first-order valence-corrected chi connectivity index (χ1v) is 9.34. The molecule has 0 radical (unpaired) electrons. The highest BCUT2D eigenvalue weighted by Gasteiger charge is 2.15. The molecule has 2 heterocycles. The minimum absolute atomic E-state index is 0.0316. The zero-order chi connectivity index (χ0) is 17.1. The lowest BCUT2D eigenvalue weighted by Gasteiger charge is -2.15. The Balaban J connectivity index is 1.55. The highest BCUT2D eigenvalue weighted by atomic mass is 32.1. The molecule has 6 heteroatoms. The van der Waals surface area contributed by atoms with E-state index in [9.17, 15) is 9.59 Å². The third-order valence-corrected chi connectivity index (χ3v) is 5.78. The molecule has 0 unspecified atom stereocenters. The van der Waals surface area contributed by atoms with Gasteiger partial charge in [-0.15, -0.1) is 22.7 Å². The van der Waals surface area contributed by atoms with E-state index in [2.05, 4.69) is 4.98 Å². The number of thiophene rings is 1. The number of aromatic nitrogens is 1. The molecule has 24 heavy (non-hydrogen) atoms. The highest BCUT2D eigenvalue weighted by molar-refractivity contribution is 7.18. The van der Waals surface area contributed by atoms with Gasteiger partial charge in [-0.1, -0.05) is 12.1 Å². The van der Waals surface area contributed by atoms with Crippen molar-refractivity contribution in [1.29, 1.82) is 0 Å². The van der Waals surface area contributed by atoms with Crippen LogP contribution in [0.3, 0.4) is 0 Å². The van der Waals surface area contributed by atoms with E-state index < -0.39 is 0 Å². The van der Waals surface area contributed by atoms with E-state index in [1.807, 2.05) is 43.3 Å². The molecule has 2 aromatic heterocycles. The van der Waals surface area contributed by atoms with E-state index in [0.29, 0.717) is 6.54 Å². The summed E-state index contributed by atoms with van der Waals surface area (Å²) < 4.78 is 1.12. The molecule has 1 amide bonds. The van der Waals surface area contributed by atoms with E-state index in [0.717, 1.165) is 25.0 Å². The number of carbonyl (C=O) groups excluding carboxylic acids is 2. The Labute approximate surface area is 148 Å². The molecule has 0 aliphatic heterocycles. The smallest absolute Gasteiger partial charge is 0.223 e. The summed E-state index contributed by atoms with van der Waals surface area (Å²) in [6, 6.07) is 11.7. The SMILES string of the molecule is Cc1ccc(C(=O)CCC(=O)N(C)Cc2nc3ccccc3s2)s1. The summed E-state index contributed by atoms with van der Waals surface area (Å²) in [5, 5.41) is 0.909. The standard InChI is InChI=1S/C18H18N2O2S2/c1-12-7-9-16(23-12)14(21)8-10-18(22)20(2)11-17-19-13-5-3-4-6-15(13)24-17/h3-7,9H,8,10-11H2,1-2H3. The van der Waals surface area contributed by atoms with E-state index in [-0.39, 0.29) is 24.5 Å². The lowest BCUT2D eigenvalue weighted by Crippen LogP contribution is -2.26. The Kier molecular flexibility index (Phi) is 5.06. The molecule has 0 saturated carbocycles. The number of Topliss-reactive ketones (excluding diaryl/α,β-unsaturated/α-hetero) is 1. The topological polar surface area (TPSA) is 50.3 Å². The summed E-state index contributed by atoms with van der Waals surface area (Å²) in [6.07, 6.45) is 0.486. The fraction of sp³-hybridized carbons (Fsp3) is 0.278. The van der Waals surface area contributed by atoms with Crippen LogP contribution in [-0.4, -0.2) is 28.6 Å². The molecule has 0 N–H and O–H groups in total. The normalized spacial score (nSPS) is 10.9. The highest BCUT2D eigenvalue weighted by Crippen LogP contribution is 2.23. The number of rotatable bonds is 6. The maximum absolute atomic E-state index is 12.3. The Morgan fingerprint density at radius 3 is 2.58 bits per heavy atom. The van der Waals surface area contributed by atoms with Crippen molar-refractivity contribution in [1.82, 2.24) is 9.88 Å². The molecule has 0 aliphatic rings. The van der Waals surface area contributed by atoms with Gasteiger partial charge in [0.25, 0.3) is 0 Å². The summed E-state index contributed by atoms with van der Waals surface area (Å²) in [5.41, 5.74) is 0.960. The van der Waals surface area contributed by atoms with Crippen LogP contribution >= 0.6 is 22.7 Å². The fourth-order valence-corrected chi connectivity index (χ4v) is 4.25. The summed E-state index contributed by atoms with van der Waals surface area (Å²) in [4.78, 5) is 32.4. The average Bonchev–Trinajstić information content (AvgIpc) is 3.17. The Hall–Kier alpha value is -2.05. The molecule has 3 aromatic rings. The Morgan fingerprint density at radius 2 is 1.88 bits per heavy atom. The molecule has 0 saturated heterocycles. The average molecular weight is 358 g/mol. The largest absolute Gasteiger partial charge is 0.339 e. The third-order valence-electron chi connectivity index (χ3n) is 3.72. The van der Waals surface area contributed by atoms with E-state index in [4.69, 9.17) is 0 Å². The first-order chi connectivity index (χ1) is 11.5. The van der Waals surface area contributed by atoms with Crippen molar-refractivity contribution in [2.75, 3.05) is 7.05 Å². The number of nitrogens with zero attached hydrogens (tertiary/aromatic N) is 2. The van der Waals surface area contributed by atoms with Crippen molar-refractivity contribution in [2.24, 2.45) is 0 Å². The minimum atomic E-state index is -0.0316. The number of aryl methyl sites for hydroxylation is 1. The summed E-state index contributed by atoms with van der Waals surface area (Å²) in [5.74, 6) is 0.00530. The molecule has 0 spiro atoms. The van der Waals surface area contributed by atoms with Gasteiger partial charge in [0.05, 0.1) is 21.6 Å². The maximum Gasteiger partial charge on any atom is 0.223 e. The van der Waals surface area contributed by atoms with Crippen molar-refractivity contribution >= 4 is 44.6 Å². The van der Waals surface area contributed by atoms with Crippen LogP contribution in [0.25, 0.3) is 10.2 Å². The van der Waals surface area contributed by atoms with E-state index in [1.165, 1.54) is 11.3 Å². The van der Waals surface area contributed by atoms with Gasteiger partial charge in [-0.25, -0.2) is 4.98 Å². The van der Waals surface area contributed by atoms with Crippen molar-refractivity contribution in [3.8, 4) is 0 Å². The van der Waals surface area contributed by atoms with E-state index in [1.54, 1.807) is 23.3 Å². The monoisotopic (exact) mass is 358 g/mol. The molecular weight excluding hydrogens is 340 g/mol. The van der Waals surface area contributed by atoms with Crippen LogP contribution in [-0.2, 0) is 11.3 Å². The van der Waals surface area contributed by atoms with Crippen LogP contribution in [0.5, 0.6) is 0 Å². The van der Waals surface area contributed by atoms with Gasteiger partial charge in [0.1, 0.15) is 5.01 Å². The number of benzene rings is 1. The van der Waals surface area contributed by atoms with Crippen LogP contribution in [0.1, 0.15) is 32.4 Å². The summed E-state index contributed by atoms with van der Waals surface area (Å²) >= 11 is 3.07. The fourth-order valence-electron chi connectivity index (χ4n) is 2.40. The molecule has 1 aromatic carbocycles. The molecule has 3 rings (SSSR count). The second-order valence-electron chi connectivity index (χ2n) is 5.66. The molecule has 0 fully saturated rings. The minimum Gasteiger partial charge on any atom is -0.339 e. The lowest BCUT2D eigenvalue weighted by molar-refractivity contribution is -0.130. The first kappa shape index (κ1) is 16.8. The van der Waals surface area contributed by atoms with Crippen LogP contribution < -0.4 is 0 Å². The molecule has 124 valence electrons. The lowest BCUT2D eigenvalue weighted by atomic mass is 10.2. The van der Waals surface area contributed by atoms with Gasteiger partial charge in [-0.2, -0.15) is 0 Å². The van der Waals surface area contributed by atoms with Gasteiger partial charge in [0.2, 0.25) is 5.91 Å². The predicted octanol–water partition coefficient (Wildman–Crippen LogP) is 4.29. The van der Waals surface area contributed by atoms with Crippen molar-refractivity contribution in [3.05, 3.63) is 51.2 Å². The van der Waals surface area contributed by atoms with Crippen LogP contribution in [0.4, 0.5) is 0 Å². The number of hydrogen-bond acceptors (Lipinski definition) is 5. The molecular formula is C18H18N2O2S2. The number of ketones is 1. The van der Waals surface area contributed by atoms with Gasteiger partial charge in [0.15, 0.2) is 5.78 Å². The van der Waals surface area contributed by atoms with Gasteiger partial charge < -0.3 is 4.90 Å². The van der Waals surface area contributed by atoms with Crippen LogP contribution in [0, 0.1) is 6.92 Å². The van der Waals surface area contributed by atoms with Gasteiger partial charge in [0, 0.05) is 24.8 Å². The number of carbonyl (C=O) groups is 2. The van der Waals surface area contributed by atoms with Crippen molar-refractivity contribution in [2.45, 2.75) is 26.3 Å². The molecule has 0 atom stereocenters. The van der Waals surface area contributed by atoms with Gasteiger partial charge in [-0.05, 0) is 31.2 Å². The van der Waals surface area contributed by atoms with E-state index >= 15 is 0 Å². The molecule has 0 aliphatic carbocycles. The van der Waals surface area contributed by atoms with Crippen molar-refractivity contribution in [3.63, 3.8) is 0 Å². The Morgan fingerprint density at radius 1 is 1.08 bits per heavy atom. The molecule has 4 nitrogen and oxygen atoms in total. The second-order valence-corrected chi connectivity index (χ2v) is 8.06.